The molecule has 1 aromatic heterocycles. The summed E-state index contributed by atoms with van der Waals surface area (Å²) >= 11 is 1.33. The van der Waals surface area contributed by atoms with Crippen molar-refractivity contribution in [2.45, 2.75) is 6.42 Å². The average molecular weight is 248 g/mol. The molecule has 0 atom stereocenters. The van der Waals surface area contributed by atoms with Gasteiger partial charge in [-0.3, -0.25) is 4.79 Å². The normalized spacial score (nSPS) is 10.2. The van der Waals surface area contributed by atoms with Crippen LogP contribution in [0.1, 0.15) is 20.2 Å². The van der Waals surface area contributed by atoms with Crippen molar-refractivity contribution in [2.75, 3.05) is 7.11 Å². The van der Waals surface area contributed by atoms with E-state index in [4.69, 9.17) is 10.5 Å². The fourth-order valence-corrected chi connectivity index (χ4v) is 2.23. The van der Waals surface area contributed by atoms with Gasteiger partial charge in [0.1, 0.15) is 10.6 Å². The van der Waals surface area contributed by atoms with Gasteiger partial charge in [-0.25, -0.2) is 4.98 Å². The van der Waals surface area contributed by atoms with Crippen LogP contribution in [0.3, 0.4) is 0 Å². The lowest BCUT2D eigenvalue weighted by molar-refractivity contribution is 0.100. The number of primary amides is 1. The van der Waals surface area contributed by atoms with Gasteiger partial charge in [-0.05, 0) is 17.7 Å². The Morgan fingerprint density at radius 1 is 1.41 bits per heavy atom. The van der Waals surface area contributed by atoms with Crippen LogP contribution in [0, 0.1) is 0 Å². The summed E-state index contributed by atoms with van der Waals surface area (Å²) in [7, 11) is 1.63. The van der Waals surface area contributed by atoms with Crippen molar-refractivity contribution in [3.8, 4) is 5.75 Å². The van der Waals surface area contributed by atoms with Crippen molar-refractivity contribution >= 4 is 17.2 Å². The summed E-state index contributed by atoms with van der Waals surface area (Å²) in [5.74, 6) is 0.397. The van der Waals surface area contributed by atoms with Gasteiger partial charge in [0.15, 0.2) is 0 Å². The molecule has 1 heterocycles. The zero-order valence-electron chi connectivity index (χ0n) is 9.34. The van der Waals surface area contributed by atoms with E-state index in [0.717, 1.165) is 16.3 Å². The summed E-state index contributed by atoms with van der Waals surface area (Å²) in [5, 5.41) is 0.879. The highest BCUT2D eigenvalue weighted by Crippen LogP contribution is 2.18. The van der Waals surface area contributed by atoms with Crippen LogP contribution in [-0.2, 0) is 6.42 Å². The number of methoxy groups -OCH3 is 1. The number of hydrogen-bond donors (Lipinski definition) is 1. The summed E-state index contributed by atoms with van der Waals surface area (Å²) in [5.41, 5.74) is 6.29. The van der Waals surface area contributed by atoms with Crippen molar-refractivity contribution in [1.82, 2.24) is 4.98 Å². The third kappa shape index (κ3) is 2.82. The van der Waals surface area contributed by atoms with Crippen LogP contribution in [0.2, 0.25) is 0 Å². The Bertz CT molecular complexity index is 520. The van der Waals surface area contributed by atoms with E-state index in [2.05, 4.69) is 4.98 Å². The molecule has 2 rings (SSSR count). The Morgan fingerprint density at radius 3 is 2.65 bits per heavy atom. The van der Waals surface area contributed by atoms with Gasteiger partial charge in [-0.15, -0.1) is 11.3 Å². The average Bonchev–Trinajstić information content (AvgIpc) is 2.79. The van der Waals surface area contributed by atoms with Gasteiger partial charge in [0.25, 0.3) is 5.91 Å². The lowest BCUT2D eigenvalue weighted by atomic mass is 10.1. The lowest BCUT2D eigenvalue weighted by Crippen LogP contribution is -2.08. The molecule has 4 nitrogen and oxygen atoms in total. The van der Waals surface area contributed by atoms with Crippen molar-refractivity contribution in [2.24, 2.45) is 5.73 Å². The second kappa shape index (κ2) is 4.97. The van der Waals surface area contributed by atoms with Crippen molar-refractivity contribution in [3.05, 3.63) is 45.9 Å². The number of ether oxygens (including phenoxy) is 1. The quantitative estimate of drug-likeness (QED) is 0.897. The fourth-order valence-electron chi connectivity index (χ4n) is 1.42. The largest absolute Gasteiger partial charge is 0.497 e. The van der Waals surface area contributed by atoms with Gasteiger partial charge in [-0.1, -0.05) is 12.1 Å². The first-order valence-electron chi connectivity index (χ1n) is 5.06. The predicted molar refractivity (Wildman–Crippen MR) is 66.4 cm³/mol. The SMILES string of the molecule is COc1ccc(Cc2ncc(C(N)=O)s2)cc1. The number of carbonyl (C=O) groups excluding carboxylic acids is 1. The van der Waals surface area contributed by atoms with Gasteiger partial charge < -0.3 is 10.5 Å². The molecule has 0 saturated carbocycles. The minimum absolute atomic E-state index is 0.427. The van der Waals surface area contributed by atoms with Crippen LogP contribution >= 0.6 is 11.3 Å². The Balaban J connectivity index is 2.11. The third-order valence-corrected chi connectivity index (χ3v) is 3.32. The van der Waals surface area contributed by atoms with Crippen LogP contribution in [0.25, 0.3) is 0 Å². The predicted octanol–water partition coefficient (Wildman–Crippen LogP) is 1.84. The number of nitrogens with zero attached hydrogens (tertiary/aromatic N) is 1. The monoisotopic (exact) mass is 248 g/mol. The standard InChI is InChI=1S/C12H12N2O2S/c1-16-9-4-2-8(3-5-9)6-11-14-7-10(17-11)12(13)15/h2-5,7H,6H2,1H3,(H2,13,15). The Hall–Kier alpha value is -1.88. The molecule has 0 aliphatic rings. The Kier molecular flexibility index (Phi) is 3.39. The molecule has 1 aromatic carbocycles. The Morgan fingerprint density at radius 2 is 2.12 bits per heavy atom. The van der Waals surface area contributed by atoms with E-state index in [1.54, 1.807) is 7.11 Å². The van der Waals surface area contributed by atoms with Gasteiger partial charge in [-0.2, -0.15) is 0 Å². The number of aromatic nitrogens is 1. The molecule has 5 heteroatoms. The molecule has 2 N–H and O–H groups in total. The molecule has 0 radical (unpaired) electrons. The highest BCUT2D eigenvalue weighted by Gasteiger charge is 2.07. The highest BCUT2D eigenvalue weighted by molar-refractivity contribution is 7.13. The third-order valence-electron chi connectivity index (χ3n) is 2.31. The highest BCUT2D eigenvalue weighted by atomic mass is 32.1. The maximum absolute atomic E-state index is 10.9. The molecular weight excluding hydrogens is 236 g/mol. The molecule has 0 bridgehead atoms. The molecule has 88 valence electrons. The fraction of sp³-hybridized carbons (Fsp3) is 0.167. The Labute approximate surface area is 103 Å². The molecular formula is C12H12N2O2S. The molecule has 0 spiro atoms. The van der Waals surface area contributed by atoms with Gasteiger partial charge in [0.2, 0.25) is 0 Å². The summed E-state index contributed by atoms with van der Waals surface area (Å²) < 4.78 is 5.08. The van der Waals surface area contributed by atoms with E-state index >= 15 is 0 Å². The molecule has 0 aliphatic heterocycles. The van der Waals surface area contributed by atoms with Crippen LogP contribution < -0.4 is 10.5 Å². The maximum Gasteiger partial charge on any atom is 0.260 e. The number of carbonyl (C=O) groups is 1. The van der Waals surface area contributed by atoms with Gasteiger partial charge in [0, 0.05) is 6.42 Å². The zero-order chi connectivity index (χ0) is 12.3. The van der Waals surface area contributed by atoms with Crippen LogP contribution in [0.15, 0.2) is 30.5 Å². The van der Waals surface area contributed by atoms with Crippen LogP contribution in [0.4, 0.5) is 0 Å². The zero-order valence-corrected chi connectivity index (χ0v) is 10.2. The molecule has 0 fully saturated rings. The summed E-state index contributed by atoms with van der Waals surface area (Å²) in [6.07, 6.45) is 2.22. The molecule has 0 saturated heterocycles. The molecule has 2 aromatic rings. The smallest absolute Gasteiger partial charge is 0.260 e. The lowest BCUT2D eigenvalue weighted by Gasteiger charge is -2.01. The summed E-state index contributed by atoms with van der Waals surface area (Å²) in [6, 6.07) is 7.75. The van der Waals surface area contributed by atoms with E-state index in [1.165, 1.54) is 17.5 Å². The number of rotatable bonds is 4. The van der Waals surface area contributed by atoms with E-state index < -0.39 is 5.91 Å². The minimum Gasteiger partial charge on any atom is -0.497 e. The minimum atomic E-state index is -0.427. The molecule has 0 aliphatic carbocycles. The van der Waals surface area contributed by atoms with E-state index in [-0.39, 0.29) is 0 Å². The van der Waals surface area contributed by atoms with E-state index in [9.17, 15) is 4.79 Å². The van der Waals surface area contributed by atoms with Crippen LogP contribution in [-0.4, -0.2) is 18.0 Å². The van der Waals surface area contributed by atoms with E-state index in [1.807, 2.05) is 24.3 Å². The molecule has 17 heavy (non-hydrogen) atoms. The topological polar surface area (TPSA) is 65.2 Å². The first kappa shape index (κ1) is 11.6. The van der Waals surface area contributed by atoms with Crippen molar-refractivity contribution < 1.29 is 9.53 Å². The van der Waals surface area contributed by atoms with Gasteiger partial charge >= 0.3 is 0 Å². The van der Waals surface area contributed by atoms with Crippen LogP contribution in [0.5, 0.6) is 5.75 Å². The second-order valence-corrected chi connectivity index (χ2v) is 4.62. The van der Waals surface area contributed by atoms with Gasteiger partial charge in [0.05, 0.1) is 18.3 Å². The first-order valence-corrected chi connectivity index (χ1v) is 5.88. The number of hydrogen-bond acceptors (Lipinski definition) is 4. The molecule has 1 amide bonds. The number of nitrogens with two attached hydrogens (primary N) is 1. The molecule has 0 unspecified atom stereocenters. The van der Waals surface area contributed by atoms with Crippen molar-refractivity contribution in [3.63, 3.8) is 0 Å². The van der Waals surface area contributed by atoms with Crippen molar-refractivity contribution in [1.29, 1.82) is 0 Å². The van der Waals surface area contributed by atoms with E-state index in [0.29, 0.717) is 11.3 Å². The summed E-state index contributed by atoms with van der Waals surface area (Å²) in [6.45, 7) is 0. The number of thiazole rings is 1. The number of benzene rings is 1. The summed E-state index contributed by atoms with van der Waals surface area (Å²) in [4.78, 5) is 15.6. The number of amides is 1. The second-order valence-electron chi connectivity index (χ2n) is 3.51. The first-order chi connectivity index (χ1) is 8.19. The maximum atomic E-state index is 10.9.